The predicted octanol–water partition coefficient (Wildman–Crippen LogP) is 8.84. The summed E-state index contributed by atoms with van der Waals surface area (Å²) in [6.45, 7) is 10.6. The van der Waals surface area contributed by atoms with Crippen LogP contribution < -0.4 is 0 Å². The Morgan fingerprint density at radius 1 is 0.684 bits per heavy atom. The quantitative estimate of drug-likeness (QED) is 0.0901. The van der Waals surface area contributed by atoms with E-state index in [0.29, 0.717) is 32.0 Å². The predicted molar refractivity (Wildman–Crippen MR) is 156 cm³/mol. The van der Waals surface area contributed by atoms with Crippen molar-refractivity contribution in [3.8, 4) is 0 Å². The summed E-state index contributed by atoms with van der Waals surface area (Å²) < 4.78 is 16.5. The normalized spacial score (nSPS) is 14.9. The second-order valence-electron chi connectivity index (χ2n) is 11.7. The van der Waals surface area contributed by atoms with Crippen LogP contribution in [-0.4, -0.2) is 56.0 Å². The number of carbonyl (C=O) groups excluding carboxylic acids is 2. The standard InChI is InChI=1S/C32H61NO5/c1-4-5-6-7-8-9-10-11-12-14-21-30(23-28-36-31(34)22-16-15-20-29(2)3)38-32(35)37-27-19-26-33-24-17-13-18-25-33/h29-30H,4-28H2,1-3H3. The van der Waals surface area contributed by atoms with Crippen LogP contribution in [0.15, 0.2) is 0 Å². The first-order valence-electron chi connectivity index (χ1n) is 16.2. The van der Waals surface area contributed by atoms with Crippen molar-refractivity contribution >= 4 is 12.1 Å². The van der Waals surface area contributed by atoms with Gasteiger partial charge in [0.25, 0.3) is 0 Å². The van der Waals surface area contributed by atoms with Crippen molar-refractivity contribution in [2.75, 3.05) is 32.8 Å². The van der Waals surface area contributed by atoms with Gasteiger partial charge in [0.15, 0.2) is 0 Å². The van der Waals surface area contributed by atoms with Gasteiger partial charge >= 0.3 is 12.1 Å². The van der Waals surface area contributed by atoms with E-state index in [2.05, 4.69) is 25.7 Å². The number of likely N-dealkylation sites (tertiary alicyclic amines) is 1. The molecule has 0 aromatic carbocycles. The molecular weight excluding hydrogens is 478 g/mol. The summed E-state index contributed by atoms with van der Waals surface area (Å²) in [4.78, 5) is 26.9. The van der Waals surface area contributed by atoms with Crippen LogP contribution in [0, 0.1) is 5.92 Å². The minimum atomic E-state index is -0.583. The number of rotatable bonds is 24. The van der Waals surface area contributed by atoms with E-state index >= 15 is 0 Å². The summed E-state index contributed by atoms with van der Waals surface area (Å²) >= 11 is 0. The number of carbonyl (C=O) groups is 2. The molecule has 1 fully saturated rings. The molecule has 224 valence electrons. The van der Waals surface area contributed by atoms with Crippen LogP contribution >= 0.6 is 0 Å². The van der Waals surface area contributed by atoms with Gasteiger partial charge in [-0.15, -0.1) is 0 Å². The van der Waals surface area contributed by atoms with Gasteiger partial charge < -0.3 is 19.1 Å². The monoisotopic (exact) mass is 539 g/mol. The first-order chi connectivity index (χ1) is 18.5. The summed E-state index contributed by atoms with van der Waals surface area (Å²) in [6, 6.07) is 0. The Morgan fingerprint density at radius 2 is 1.32 bits per heavy atom. The molecule has 1 aliphatic rings. The maximum Gasteiger partial charge on any atom is 0.508 e. The van der Waals surface area contributed by atoms with Crippen LogP contribution in [0.5, 0.6) is 0 Å². The van der Waals surface area contributed by atoms with Crippen molar-refractivity contribution in [2.24, 2.45) is 5.92 Å². The number of nitrogens with zero attached hydrogens (tertiary/aromatic N) is 1. The van der Waals surface area contributed by atoms with Crippen molar-refractivity contribution in [2.45, 2.75) is 155 Å². The highest BCUT2D eigenvalue weighted by atomic mass is 16.7. The molecule has 0 N–H and O–H groups in total. The van der Waals surface area contributed by atoms with Crippen molar-refractivity contribution < 1.29 is 23.8 Å². The second kappa shape index (κ2) is 24.7. The molecular formula is C32H61NO5. The number of esters is 1. The molecule has 1 saturated heterocycles. The maximum atomic E-state index is 12.3. The lowest BCUT2D eigenvalue weighted by atomic mass is 10.0. The number of ether oxygens (including phenoxy) is 3. The SMILES string of the molecule is CCCCCCCCCCCCC(CCOC(=O)CCCCC(C)C)OC(=O)OCCCN1CCCCC1. The number of hydrogen-bond donors (Lipinski definition) is 0. The third-order valence-electron chi connectivity index (χ3n) is 7.55. The second-order valence-corrected chi connectivity index (χ2v) is 11.7. The third kappa shape index (κ3) is 21.6. The Balaban J connectivity index is 2.26. The van der Waals surface area contributed by atoms with Crippen molar-refractivity contribution in [1.29, 1.82) is 0 Å². The first-order valence-corrected chi connectivity index (χ1v) is 16.2. The molecule has 1 heterocycles. The average molecular weight is 540 g/mol. The summed E-state index contributed by atoms with van der Waals surface area (Å²) in [7, 11) is 0. The molecule has 6 heteroatoms. The van der Waals surface area contributed by atoms with Gasteiger partial charge in [0.05, 0.1) is 13.2 Å². The van der Waals surface area contributed by atoms with Crippen LogP contribution in [-0.2, 0) is 19.0 Å². The van der Waals surface area contributed by atoms with Gasteiger partial charge in [0, 0.05) is 19.4 Å². The van der Waals surface area contributed by atoms with Gasteiger partial charge in [-0.25, -0.2) is 4.79 Å². The molecule has 6 nitrogen and oxygen atoms in total. The van der Waals surface area contributed by atoms with Crippen LogP contribution in [0.25, 0.3) is 0 Å². The largest absolute Gasteiger partial charge is 0.508 e. The van der Waals surface area contributed by atoms with Gasteiger partial charge in [-0.1, -0.05) is 97.8 Å². The van der Waals surface area contributed by atoms with E-state index in [-0.39, 0.29) is 12.1 Å². The van der Waals surface area contributed by atoms with E-state index in [1.165, 1.54) is 70.6 Å². The molecule has 0 aromatic rings. The maximum absolute atomic E-state index is 12.3. The molecule has 0 aromatic heterocycles. The minimum absolute atomic E-state index is 0.147. The van der Waals surface area contributed by atoms with E-state index in [4.69, 9.17) is 14.2 Å². The molecule has 0 bridgehead atoms. The number of piperidine rings is 1. The highest BCUT2D eigenvalue weighted by molar-refractivity contribution is 5.69. The molecule has 0 amide bonds. The molecule has 0 spiro atoms. The van der Waals surface area contributed by atoms with Crippen molar-refractivity contribution in [1.82, 2.24) is 4.90 Å². The van der Waals surface area contributed by atoms with Crippen LogP contribution in [0.1, 0.15) is 149 Å². The third-order valence-corrected chi connectivity index (χ3v) is 7.55. The summed E-state index contributed by atoms with van der Waals surface area (Å²) in [5, 5.41) is 0. The van der Waals surface area contributed by atoms with E-state index in [0.717, 1.165) is 64.6 Å². The zero-order chi connectivity index (χ0) is 27.7. The van der Waals surface area contributed by atoms with Gasteiger partial charge in [-0.05, 0) is 57.5 Å². The summed E-state index contributed by atoms with van der Waals surface area (Å²) in [6.07, 6.45) is 21.5. The Hall–Kier alpha value is -1.30. The molecule has 1 rings (SSSR count). The lowest BCUT2D eigenvalue weighted by molar-refractivity contribution is -0.144. The Labute approximate surface area is 234 Å². The Kier molecular flexibility index (Phi) is 22.6. The highest BCUT2D eigenvalue weighted by Crippen LogP contribution is 2.16. The highest BCUT2D eigenvalue weighted by Gasteiger charge is 2.17. The summed E-state index contributed by atoms with van der Waals surface area (Å²) in [5.74, 6) is 0.519. The van der Waals surface area contributed by atoms with Gasteiger partial charge in [0.2, 0.25) is 0 Å². The number of hydrogen-bond acceptors (Lipinski definition) is 6. The topological polar surface area (TPSA) is 65.1 Å². The molecule has 0 aliphatic carbocycles. The Morgan fingerprint density at radius 3 is 1.97 bits per heavy atom. The molecule has 0 saturated carbocycles. The Bertz CT molecular complexity index is 562. The first kappa shape index (κ1) is 34.7. The smallest absolute Gasteiger partial charge is 0.466 e. The fraction of sp³-hybridized carbons (Fsp3) is 0.938. The molecule has 1 atom stereocenters. The van der Waals surface area contributed by atoms with E-state index in [1.807, 2.05) is 0 Å². The van der Waals surface area contributed by atoms with Crippen molar-refractivity contribution in [3.63, 3.8) is 0 Å². The van der Waals surface area contributed by atoms with E-state index in [9.17, 15) is 9.59 Å². The van der Waals surface area contributed by atoms with Crippen LogP contribution in [0.3, 0.4) is 0 Å². The van der Waals surface area contributed by atoms with Gasteiger partial charge in [-0.3, -0.25) is 4.79 Å². The summed E-state index contributed by atoms with van der Waals surface area (Å²) in [5.41, 5.74) is 0. The molecule has 1 aliphatic heterocycles. The molecule has 0 radical (unpaired) electrons. The van der Waals surface area contributed by atoms with Crippen molar-refractivity contribution in [3.05, 3.63) is 0 Å². The van der Waals surface area contributed by atoms with E-state index in [1.54, 1.807) is 0 Å². The molecule has 38 heavy (non-hydrogen) atoms. The van der Waals surface area contributed by atoms with Gasteiger partial charge in [0.1, 0.15) is 6.10 Å². The zero-order valence-corrected chi connectivity index (χ0v) is 25.3. The fourth-order valence-electron chi connectivity index (χ4n) is 5.12. The van der Waals surface area contributed by atoms with Crippen LogP contribution in [0.2, 0.25) is 0 Å². The average Bonchev–Trinajstić information content (AvgIpc) is 2.90. The zero-order valence-electron chi connectivity index (χ0n) is 25.3. The van der Waals surface area contributed by atoms with E-state index < -0.39 is 6.16 Å². The molecule has 1 unspecified atom stereocenters. The minimum Gasteiger partial charge on any atom is -0.466 e. The van der Waals surface area contributed by atoms with Gasteiger partial charge in [-0.2, -0.15) is 0 Å². The number of unbranched alkanes of at least 4 members (excludes halogenated alkanes) is 10. The lowest BCUT2D eigenvalue weighted by Crippen LogP contribution is -2.31. The lowest BCUT2D eigenvalue weighted by Gasteiger charge is -2.26. The fourth-order valence-corrected chi connectivity index (χ4v) is 5.12. The van der Waals surface area contributed by atoms with Crippen LogP contribution in [0.4, 0.5) is 4.79 Å².